The number of amides is 1. The first-order valence-corrected chi connectivity index (χ1v) is 5.39. The Bertz CT molecular complexity index is 627. The zero-order valence-corrected chi connectivity index (χ0v) is 9.95. The van der Waals surface area contributed by atoms with E-state index in [0.717, 1.165) is 6.07 Å². The van der Waals surface area contributed by atoms with Crippen molar-refractivity contribution in [3.05, 3.63) is 59.7 Å². The minimum atomic E-state index is -1.42. The number of nitrogens with one attached hydrogen (secondary N) is 1. The fourth-order valence-electron chi connectivity index (χ4n) is 1.48. The Kier molecular flexibility index (Phi) is 3.50. The molecule has 3 nitrogen and oxygen atoms in total. The molecule has 98 valence electrons. The lowest BCUT2D eigenvalue weighted by Crippen LogP contribution is -2.27. The Hall–Kier alpha value is -2.37. The Morgan fingerprint density at radius 1 is 1.05 bits per heavy atom. The molecule has 1 aromatic heterocycles. The highest BCUT2D eigenvalue weighted by Crippen LogP contribution is 2.21. The van der Waals surface area contributed by atoms with Crippen LogP contribution in [-0.4, -0.2) is 5.91 Å². The first-order chi connectivity index (χ1) is 8.99. The fourth-order valence-corrected chi connectivity index (χ4v) is 1.48. The largest absolute Gasteiger partial charge is 0.317 e. The molecule has 0 saturated heterocycles. The van der Waals surface area contributed by atoms with Crippen LogP contribution in [0.3, 0.4) is 0 Å². The minimum absolute atomic E-state index is 0.209. The van der Waals surface area contributed by atoms with E-state index in [-0.39, 0.29) is 5.56 Å². The van der Waals surface area contributed by atoms with E-state index in [4.69, 9.17) is 0 Å². The molecule has 0 aliphatic carbocycles. The molecule has 0 radical (unpaired) electrons. The number of carbonyl (C=O) groups is 1. The molecule has 2 aromatic rings. The maximum atomic E-state index is 13.4. The van der Waals surface area contributed by atoms with Crippen LogP contribution in [0.2, 0.25) is 0 Å². The summed E-state index contributed by atoms with van der Waals surface area (Å²) in [6.07, 6.45) is 3.21. The number of halogens is 3. The van der Waals surface area contributed by atoms with Crippen molar-refractivity contribution in [2.75, 3.05) is 5.32 Å². The van der Waals surface area contributed by atoms with Crippen molar-refractivity contribution >= 4 is 11.6 Å². The standard InChI is InChI=1S/C13H9F3N2O/c1-18-6-4-8(5-7-18)13(19)17-12-10(15)3-2-9(14)11(12)16/h2-7H,1H3/p+1. The van der Waals surface area contributed by atoms with Crippen molar-refractivity contribution in [1.82, 2.24) is 0 Å². The summed E-state index contributed by atoms with van der Waals surface area (Å²) in [5, 5.41) is 2.02. The van der Waals surface area contributed by atoms with Gasteiger partial charge < -0.3 is 5.32 Å². The third kappa shape index (κ3) is 2.73. The SMILES string of the molecule is C[n+]1ccc(C(=O)Nc2c(F)ccc(F)c2F)cc1. The van der Waals surface area contributed by atoms with Gasteiger partial charge in [0.2, 0.25) is 0 Å². The third-order valence-electron chi connectivity index (χ3n) is 2.52. The van der Waals surface area contributed by atoms with Gasteiger partial charge in [-0.1, -0.05) is 0 Å². The minimum Gasteiger partial charge on any atom is -0.317 e. The number of aromatic nitrogens is 1. The molecule has 0 fully saturated rings. The molecular formula is C13H10F3N2O+. The summed E-state index contributed by atoms with van der Waals surface area (Å²) in [5.74, 6) is -4.40. The molecule has 1 amide bonds. The molecule has 6 heteroatoms. The monoisotopic (exact) mass is 267 g/mol. The molecule has 0 unspecified atom stereocenters. The summed E-state index contributed by atoms with van der Waals surface area (Å²) in [5.41, 5.74) is -0.584. The second-order valence-corrected chi connectivity index (χ2v) is 3.92. The van der Waals surface area contributed by atoms with Crippen molar-refractivity contribution in [2.45, 2.75) is 0 Å². The van der Waals surface area contributed by atoms with Crippen molar-refractivity contribution in [1.29, 1.82) is 0 Å². The summed E-state index contributed by atoms with van der Waals surface area (Å²) < 4.78 is 41.4. The zero-order valence-electron chi connectivity index (χ0n) is 9.95. The summed E-state index contributed by atoms with van der Waals surface area (Å²) in [6.45, 7) is 0. The molecule has 19 heavy (non-hydrogen) atoms. The summed E-state index contributed by atoms with van der Waals surface area (Å²) in [7, 11) is 1.76. The first kappa shape index (κ1) is 13.1. The van der Waals surface area contributed by atoms with Gasteiger partial charge in [0.05, 0.1) is 5.56 Å². The lowest BCUT2D eigenvalue weighted by molar-refractivity contribution is -0.671. The number of hydrogen-bond acceptors (Lipinski definition) is 1. The summed E-state index contributed by atoms with van der Waals surface area (Å²) in [6, 6.07) is 4.36. The number of hydrogen-bond donors (Lipinski definition) is 1. The first-order valence-electron chi connectivity index (χ1n) is 5.39. The van der Waals surface area contributed by atoms with E-state index in [0.29, 0.717) is 6.07 Å². The van der Waals surface area contributed by atoms with Crippen LogP contribution in [0.25, 0.3) is 0 Å². The van der Waals surface area contributed by atoms with E-state index < -0.39 is 29.0 Å². The molecule has 0 aliphatic heterocycles. The third-order valence-corrected chi connectivity index (χ3v) is 2.52. The predicted molar refractivity (Wildman–Crippen MR) is 61.9 cm³/mol. The number of anilines is 1. The Morgan fingerprint density at radius 2 is 1.63 bits per heavy atom. The summed E-state index contributed by atoms with van der Waals surface area (Å²) >= 11 is 0. The van der Waals surface area contributed by atoms with E-state index in [1.807, 2.05) is 5.32 Å². The van der Waals surface area contributed by atoms with Crippen LogP contribution in [-0.2, 0) is 7.05 Å². The van der Waals surface area contributed by atoms with Crippen LogP contribution in [0.1, 0.15) is 10.4 Å². The molecule has 0 aliphatic rings. The van der Waals surface area contributed by atoms with Crippen molar-refractivity contribution in [3.63, 3.8) is 0 Å². The number of benzene rings is 1. The van der Waals surface area contributed by atoms with Crippen LogP contribution >= 0.6 is 0 Å². The molecule has 0 spiro atoms. The Morgan fingerprint density at radius 3 is 2.26 bits per heavy atom. The van der Waals surface area contributed by atoms with Gasteiger partial charge in [0.1, 0.15) is 18.6 Å². The van der Waals surface area contributed by atoms with Gasteiger partial charge >= 0.3 is 0 Å². The second-order valence-electron chi connectivity index (χ2n) is 3.92. The normalized spacial score (nSPS) is 10.3. The van der Waals surface area contributed by atoms with E-state index in [2.05, 4.69) is 0 Å². The van der Waals surface area contributed by atoms with Gasteiger partial charge in [-0.3, -0.25) is 4.79 Å². The zero-order chi connectivity index (χ0) is 14.0. The number of aryl methyl sites for hydroxylation is 1. The second kappa shape index (κ2) is 5.09. The average molecular weight is 267 g/mol. The van der Waals surface area contributed by atoms with Gasteiger partial charge in [0.15, 0.2) is 24.0 Å². The van der Waals surface area contributed by atoms with E-state index >= 15 is 0 Å². The smallest absolute Gasteiger partial charge is 0.256 e. The van der Waals surface area contributed by atoms with E-state index in [1.165, 1.54) is 12.1 Å². The fraction of sp³-hybridized carbons (Fsp3) is 0.0769. The average Bonchev–Trinajstić information content (AvgIpc) is 2.40. The predicted octanol–water partition coefficient (Wildman–Crippen LogP) is 2.18. The van der Waals surface area contributed by atoms with Gasteiger partial charge in [-0.25, -0.2) is 17.7 Å². The summed E-state index contributed by atoms with van der Waals surface area (Å²) in [4.78, 5) is 11.8. The molecule has 2 rings (SSSR count). The quantitative estimate of drug-likeness (QED) is 0.656. The van der Waals surface area contributed by atoms with E-state index in [1.54, 1.807) is 24.0 Å². The van der Waals surface area contributed by atoms with Crippen LogP contribution in [0.5, 0.6) is 0 Å². The number of nitrogens with zero attached hydrogens (tertiary/aromatic N) is 1. The molecule has 1 aromatic carbocycles. The highest BCUT2D eigenvalue weighted by molar-refractivity contribution is 6.04. The maximum absolute atomic E-state index is 13.4. The molecule has 1 heterocycles. The van der Waals surface area contributed by atoms with Crippen LogP contribution < -0.4 is 9.88 Å². The highest BCUT2D eigenvalue weighted by Gasteiger charge is 2.17. The molecule has 0 bridgehead atoms. The van der Waals surface area contributed by atoms with Crippen molar-refractivity contribution < 1.29 is 22.5 Å². The van der Waals surface area contributed by atoms with Gasteiger partial charge in [-0.2, -0.15) is 0 Å². The molecule has 1 N–H and O–H groups in total. The van der Waals surface area contributed by atoms with Gasteiger partial charge in [-0.15, -0.1) is 0 Å². The Balaban J connectivity index is 2.29. The van der Waals surface area contributed by atoms with Crippen molar-refractivity contribution in [3.8, 4) is 0 Å². The van der Waals surface area contributed by atoms with Crippen LogP contribution in [0.4, 0.5) is 18.9 Å². The number of rotatable bonds is 2. The van der Waals surface area contributed by atoms with E-state index in [9.17, 15) is 18.0 Å². The molecule has 0 saturated carbocycles. The molecule has 0 atom stereocenters. The van der Waals surface area contributed by atoms with Gasteiger partial charge in [-0.05, 0) is 12.1 Å². The molecular weight excluding hydrogens is 257 g/mol. The number of pyridine rings is 1. The van der Waals surface area contributed by atoms with Gasteiger partial charge in [0.25, 0.3) is 5.91 Å². The van der Waals surface area contributed by atoms with Crippen LogP contribution in [0.15, 0.2) is 36.7 Å². The van der Waals surface area contributed by atoms with Crippen molar-refractivity contribution in [2.24, 2.45) is 7.05 Å². The highest BCUT2D eigenvalue weighted by atomic mass is 19.2. The van der Waals surface area contributed by atoms with Gasteiger partial charge in [0, 0.05) is 12.1 Å². The lowest BCUT2D eigenvalue weighted by atomic mass is 10.2. The maximum Gasteiger partial charge on any atom is 0.256 e. The lowest BCUT2D eigenvalue weighted by Gasteiger charge is -2.07. The Labute approximate surface area is 107 Å². The topological polar surface area (TPSA) is 33.0 Å². The number of carbonyl (C=O) groups excluding carboxylic acids is 1. The van der Waals surface area contributed by atoms with Crippen LogP contribution in [0, 0.1) is 17.5 Å².